The number of aromatic nitrogens is 1. The maximum Gasteiger partial charge on any atom is 0.264 e. The fraction of sp³-hybridized carbons (Fsp3) is 0.208. The Kier molecular flexibility index (Phi) is 4.76. The lowest BCUT2D eigenvalue weighted by atomic mass is 9.88. The number of anilines is 1. The molecular formula is C24H22N2O3. The fourth-order valence-electron chi connectivity index (χ4n) is 3.89. The molecule has 5 nitrogen and oxygen atoms in total. The smallest absolute Gasteiger partial charge is 0.264 e. The molecule has 0 spiro atoms. The molecule has 146 valence electrons. The fourth-order valence-corrected chi connectivity index (χ4v) is 3.89. The summed E-state index contributed by atoms with van der Waals surface area (Å²) in [6, 6.07) is 16.5. The number of carbonyl (C=O) groups excluding carboxylic acids is 2. The van der Waals surface area contributed by atoms with Crippen LogP contribution in [0, 0.1) is 13.8 Å². The SMILES string of the molecule is Cc1ccc(CN2C(=O)C(O)(CC(=O)c3cccnc3)c3ccccc32)c(C)c1. The molecule has 0 aliphatic carbocycles. The highest BCUT2D eigenvalue weighted by molar-refractivity contribution is 6.10. The zero-order valence-electron chi connectivity index (χ0n) is 16.4. The van der Waals surface area contributed by atoms with Gasteiger partial charge in [-0.15, -0.1) is 0 Å². The molecule has 1 N–H and O–H groups in total. The van der Waals surface area contributed by atoms with E-state index >= 15 is 0 Å². The first-order valence-electron chi connectivity index (χ1n) is 9.53. The van der Waals surface area contributed by atoms with Crippen LogP contribution in [-0.4, -0.2) is 21.8 Å². The van der Waals surface area contributed by atoms with E-state index in [9.17, 15) is 14.7 Å². The van der Waals surface area contributed by atoms with Crippen LogP contribution >= 0.6 is 0 Å². The Morgan fingerprint density at radius 3 is 2.62 bits per heavy atom. The van der Waals surface area contributed by atoms with Crippen LogP contribution in [0.3, 0.4) is 0 Å². The predicted octanol–water partition coefficient (Wildman–Crippen LogP) is 3.71. The molecule has 29 heavy (non-hydrogen) atoms. The number of pyridine rings is 1. The van der Waals surface area contributed by atoms with Gasteiger partial charge in [0, 0.05) is 23.5 Å². The molecule has 0 bridgehead atoms. The van der Waals surface area contributed by atoms with Gasteiger partial charge in [-0.05, 0) is 43.2 Å². The zero-order chi connectivity index (χ0) is 20.6. The quantitative estimate of drug-likeness (QED) is 0.679. The van der Waals surface area contributed by atoms with Gasteiger partial charge in [0.15, 0.2) is 11.4 Å². The highest BCUT2D eigenvalue weighted by Gasteiger charge is 2.50. The normalized spacial score (nSPS) is 18.0. The molecule has 2 heterocycles. The number of hydrogen-bond donors (Lipinski definition) is 1. The molecule has 4 rings (SSSR count). The zero-order valence-corrected chi connectivity index (χ0v) is 16.4. The van der Waals surface area contributed by atoms with Gasteiger partial charge in [-0.3, -0.25) is 14.6 Å². The topological polar surface area (TPSA) is 70.5 Å². The molecule has 3 aromatic rings. The minimum absolute atomic E-state index is 0.322. The Morgan fingerprint density at radius 1 is 1.10 bits per heavy atom. The summed E-state index contributed by atoms with van der Waals surface area (Å²) >= 11 is 0. The summed E-state index contributed by atoms with van der Waals surface area (Å²) in [5.74, 6) is -0.798. The van der Waals surface area contributed by atoms with Gasteiger partial charge in [0.05, 0.1) is 18.7 Å². The molecule has 0 saturated heterocycles. The third-order valence-electron chi connectivity index (χ3n) is 5.47. The van der Waals surface area contributed by atoms with Crippen molar-refractivity contribution in [2.45, 2.75) is 32.4 Å². The summed E-state index contributed by atoms with van der Waals surface area (Å²) in [4.78, 5) is 31.6. The Balaban J connectivity index is 1.69. The molecular weight excluding hydrogens is 364 g/mol. The van der Waals surface area contributed by atoms with Crippen LogP contribution in [0.1, 0.15) is 39.0 Å². The minimum Gasteiger partial charge on any atom is -0.375 e. The summed E-state index contributed by atoms with van der Waals surface area (Å²) in [6.45, 7) is 4.37. The maximum absolute atomic E-state index is 13.3. The van der Waals surface area contributed by atoms with Gasteiger partial charge in [-0.2, -0.15) is 0 Å². The van der Waals surface area contributed by atoms with Crippen LogP contribution in [0.25, 0.3) is 0 Å². The molecule has 1 atom stereocenters. The van der Waals surface area contributed by atoms with Crippen LogP contribution in [-0.2, 0) is 16.9 Å². The first kappa shape index (κ1) is 19.0. The number of Topliss-reactive ketones (excluding diaryl/α,β-unsaturated/α-hetero) is 1. The van der Waals surface area contributed by atoms with Crippen molar-refractivity contribution in [1.29, 1.82) is 0 Å². The van der Waals surface area contributed by atoms with E-state index in [2.05, 4.69) is 11.1 Å². The van der Waals surface area contributed by atoms with E-state index in [1.807, 2.05) is 38.1 Å². The predicted molar refractivity (Wildman–Crippen MR) is 111 cm³/mol. The molecule has 5 heteroatoms. The summed E-state index contributed by atoms with van der Waals surface area (Å²) in [5.41, 5.74) is 2.82. The van der Waals surface area contributed by atoms with Gasteiger partial charge in [0.25, 0.3) is 5.91 Å². The number of ketones is 1. The van der Waals surface area contributed by atoms with Gasteiger partial charge >= 0.3 is 0 Å². The Labute approximate surface area is 169 Å². The number of carbonyl (C=O) groups is 2. The highest BCUT2D eigenvalue weighted by atomic mass is 16.3. The van der Waals surface area contributed by atoms with E-state index in [1.54, 1.807) is 35.4 Å². The first-order valence-corrected chi connectivity index (χ1v) is 9.53. The number of benzene rings is 2. The van der Waals surface area contributed by atoms with Crippen LogP contribution in [0.2, 0.25) is 0 Å². The molecule has 1 unspecified atom stereocenters. The van der Waals surface area contributed by atoms with Crippen molar-refractivity contribution in [2.24, 2.45) is 0 Å². The van der Waals surface area contributed by atoms with Crippen molar-refractivity contribution in [3.05, 3.63) is 94.8 Å². The molecule has 1 amide bonds. The van der Waals surface area contributed by atoms with Crippen molar-refractivity contribution < 1.29 is 14.7 Å². The van der Waals surface area contributed by atoms with E-state index in [4.69, 9.17) is 0 Å². The van der Waals surface area contributed by atoms with E-state index in [1.165, 1.54) is 6.20 Å². The van der Waals surface area contributed by atoms with E-state index in [0.29, 0.717) is 23.4 Å². The molecule has 0 radical (unpaired) electrons. The number of para-hydroxylation sites is 1. The van der Waals surface area contributed by atoms with Crippen LogP contribution in [0.4, 0.5) is 5.69 Å². The summed E-state index contributed by atoms with van der Waals surface area (Å²) < 4.78 is 0. The van der Waals surface area contributed by atoms with Crippen LogP contribution in [0.15, 0.2) is 67.0 Å². The largest absolute Gasteiger partial charge is 0.375 e. The molecule has 1 aromatic heterocycles. The summed E-state index contributed by atoms with van der Waals surface area (Å²) in [6.07, 6.45) is 2.70. The van der Waals surface area contributed by atoms with Crippen molar-refractivity contribution in [3.8, 4) is 0 Å². The molecule has 0 saturated carbocycles. The second-order valence-corrected chi connectivity index (χ2v) is 7.54. The second kappa shape index (κ2) is 7.26. The number of fused-ring (bicyclic) bond motifs is 1. The first-order chi connectivity index (χ1) is 13.9. The van der Waals surface area contributed by atoms with Crippen LogP contribution in [0.5, 0.6) is 0 Å². The molecule has 1 aliphatic heterocycles. The summed E-state index contributed by atoms with van der Waals surface area (Å²) in [5, 5.41) is 11.4. The number of rotatable bonds is 5. The Hall–Kier alpha value is -3.31. The monoisotopic (exact) mass is 386 g/mol. The van der Waals surface area contributed by atoms with Crippen molar-refractivity contribution >= 4 is 17.4 Å². The minimum atomic E-state index is -1.89. The number of amides is 1. The number of aliphatic hydroxyl groups is 1. The Morgan fingerprint density at radius 2 is 1.90 bits per heavy atom. The van der Waals surface area contributed by atoms with Crippen molar-refractivity contribution in [1.82, 2.24) is 4.98 Å². The number of aryl methyl sites for hydroxylation is 2. The lowest BCUT2D eigenvalue weighted by molar-refractivity contribution is -0.136. The third kappa shape index (κ3) is 3.34. The summed E-state index contributed by atoms with van der Waals surface area (Å²) in [7, 11) is 0. The van der Waals surface area contributed by atoms with Crippen LogP contribution < -0.4 is 4.90 Å². The van der Waals surface area contributed by atoms with Gasteiger partial charge in [0.2, 0.25) is 0 Å². The van der Waals surface area contributed by atoms with Crippen molar-refractivity contribution in [3.63, 3.8) is 0 Å². The highest BCUT2D eigenvalue weighted by Crippen LogP contribution is 2.43. The van der Waals surface area contributed by atoms with E-state index < -0.39 is 11.5 Å². The lowest BCUT2D eigenvalue weighted by Gasteiger charge is -2.23. The van der Waals surface area contributed by atoms with Gasteiger partial charge < -0.3 is 10.0 Å². The van der Waals surface area contributed by atoms with Gasteiger partial charge in [-0.1, -0.05) is 42.0 Å². The molecule has 1 aliphatic rings. The maximum atomic E-state index is 13.3. The Bertz CT molecular complexity index is 1090. The third-order valence-corrected chi connectivity index (χ3v) is 5.47. The average Bonchev–Trinajstić information content (AvgIpc) is 2.92. The standard InChI is InChI=1S/C24H22N2O3/c1-16-9-10-19(17(2)12-16)15-26-21-8-4-3-7-20(21)24(29,23(26)28)13-22(27)18-6-5-11-25-14-18/h3-12,14,29H,13,15H2,1-2H3. The molecule has 0 fully saturated rings. The van der Waals surface area contributed by atoms with E-state index in [0.717, 1.165) is 16.7 Å². The van der Waals surface area contributed by atoms with Gasteiger partial charge in [-0.25, -0.2) is 0 Å². The number of nitrogens with zero attached hydrogens (tertiary/aromatic N) is 2. The van der Waals surface area contributed by atoms with Gasteiger partial charge in [0.1, 0.15) is 0 Å². The lowest BCUT2D eigenvalue weighted by Crippen LogP contribution is -2.41. The molecule has 2 aromatic carbocycles. The average molecular weight is 386 g/mol. The van der Waals surface area contributed by atoms with E-state index in [-0.39, 0.29) is 12.2 Å². The second-order valence-electron chi connectivity index (χ2n) is 7.54. The number of hydrogen-bond acceptors (Lipinski definition) is 4. The van der Waals surface area contributed by atoms with Crippen molar-refractivity contribution in [2.75, 3.05) is 4.90 Å².